The summed E-state index contributed by atoms with van der Waals surface area (Å²) in [5.41, 5.74) is 1.47. The molecule has 0 aliphatic heterocycles. The Morgan fingerprint density at radius 3 is 1.00 bits per heavy atom. The van der Waals surface area contributed by atoms with Crippen LogP contribution in [0.25, 0.3) is 11.1 Å². The third-order valence-corrected chi connectivity index (χ3v) is 4.56. The van der Waals surface area contributed by atoms with E-state index in [0.29, 0.717) is 0 Å². The van der Waals surface area contributed by atoms with Gasteiger partial charge in [0.05, 0.1) is 9.79 Å². The average molecular weight is 312 g/mol. The molecule has 0 aliphatic carbocycles. The van der Waals surface area contributed by atoms with Crippen molar-refractivity contribution in [3.05, 3.63) is 48.5 Å². The largest absolute Gasteiger partial charge is 0.238 e. The van der Waals surface area contributed by atoms with Gasteiger partial charge < -0.3 is 0 Å². The van der Waals surface area contributed by atoms with Crippen molar-refractivity contribution >= 4 is 20.0 Å². The van der Waals surface area contributed by atoms with Crippen molar-refractivity contribution in [3.8, 4) is 11.1 Å². The number of benzene rings is 2. The fraction of sp³-hybridized carbons (Fsp3) is 0. The summed E-state index contributed by atoms with van der Waals surface area (Å²) in [5, 5.41) is 10.0. The maximum absolute atomic E-state index is 11.1. The van der Waals surface area contributed by atoms with Crippen LogP contribution in [0.3, 0.4) is 0 Å². The van der Waals surface area contributed by atoms with Crippen LogP contribution >= 0.6 is 0 Å². The minimum atomic E-state index is -3.72. The van der Waals surface area contributed by atoms with Crippen LogP contribution < -0.4 is 10.3 Å². The Hall–Kier alpha value is -1.74. The molecule has 20 heavy (non-hydrogen) atoms. The van der Waals surface area contributed by atoms with Gasteiger partial charge >= 0.3 is 0 Å². The fourth-order valence-electron chi connectivity index (χ4n) is 1.67. The minimum Gasteiger partial charge on any atom is -0.225 e. The van der Waals surface area contributed by atoms with E-state index in [9.17, 15) is 16.8 Å². The Balaban J connectivity index is 2.38. The van der Waals surface area contributed by atoms with Gasteiger partial charge in [-0.1, -0.05) is 24.3 Å². The lowest BCUT2D eigenvalue weighted by Gasteiger charge is -2.04. The summed E-state index contributed by atoms with van der Waals surface area (Å²) in [7, 11) is -7.45. The molecule has 0 aliphatic rings. The number of rotatable bonds is 3. The molecule has 2 aromatic rings. The minimum absolute atomic E-state index is 0.0161. The van der Waals surface area contributed by atoms with E-state index in [1.807, 2.05) is 0 Å². The Kier molecular flexibility index (Phi) is 3.65. The highest BCUT2D eigenvalue weighted by Crippen LogP contribution is 2.22. The first-order valence-electron chi connectivity index (χ1n) is 5.44. The number of primary sulfonamides is 2. The van der Waals surface area contributed by atoms with Crippen LogP contribution in [0, 0.1) is 0 Å². The Bertz CT molecular complexity index is 751. The number of hydrogen-bond acceptors (Lipinski definition) is 4. The highest BCUT2D eigenvalue weighted by molar-refractivity contribution is 7.89. The van der Waals surface area contributed by atoms with Gasteiger partial charge in [0.2, 0.25) is 20.0 Å². The van der Waals surface area contributed by atoms with Gasteiger partial charge in [0.25, 0.3) is 0 Å². The maximum atomic E-state index is 11.1. The van der Waals surface area contributed by atoms with Crippen LogP contribution in [0.5, 0.6) is 0 Å². The topological polar surface area (TPSA) is 120 Å². The van der Waals surface area contributed by atoms with Gasteiger partial charge in [-0.15, -0.1) is 0 Å². The molecular weight excluding hydrogens is 300 g/mol. The third kappa shape index (κ3) is 3.23. The zero-order chi connectivity index (χ0) is 15.0. The monoisotopic (exact) mass is 312 g/mol. The fourth-order valence-corrected chi connectivity index (χ4v) is 2.71. The lowest BCUT2D eigenvalue weighted by molar-refractivity contribution is 0.596. The van der Waals surface area contributed by atoms with Crippen LogP contribution in [-0.2, 0) is 20.0 Å². The smallest absolute Gasteiger partial charge is 0.225 e. The molecule has 0 aromatic heterocycles. The summed E-state index contributed by atoms with van der Waals surface area (Å²) in [6.07, 6.45) is 0. The second-order valence-corrected chi connectivity index (χ2v) is 7.26. The normalized spacial score (nSPS) is 12.3. The Morgan fingerprint density at radius 1 is 0.550 bits per heavy atom. The van der Waals surface area contributed by atoms with Crippen molar-refractivity contribution in [3.63, 3.8) is 0 Å². The van der Waals surface area contributed by atoms with Crippen LogP contribution in [0.4, 0.5) is 0 Å². The van der Waals surface area contributed by atoms with Gasteiger partial charge in [0.15, 0.2) is 0 Å². The number of hydrogen-bond donors (Lipinski definition) is 2. The zero-order valence-corrected chi connectivity index (χ0v) is 11.9. The van der Waals surface area contributed by atoms with Gasteiger partial charge in [-0.2, -0.15) is 0 Å². The van der Waals surface area contributed by atoms with E-state index in [4.69, 9.17) is 10.3 Å². The molecule has 2 rings (SSSR count). The summed E-state index contributed by atoms with van der Waals surface area (Å²) in [6, 6.07) is 11.9. The summed E-state index contributed by atoms with van der Waals surface area (Å²) < 4.78 is 44.5. The molecular formula is C12H12N2O4S2. The standard InChI is InChI=1S/C12H12N2O4S2/c13-19(15,16)11-5-1-9(2-6-11)10-3-7-12(8-4-10)20(14,17)18/h1-8H,(H2,13,15,16)(H2,14,17,18). The average Bonchev–Trinajstić information content (AvgIpc) is 2.37. The second-order valence-electron chi connectivity index (χ2n) is 4.14. The summed E-state index contributed by atoms with van der Waals surface area (Å²) >= 11 is 0. The van der Waals surface area contributed by atoms with E-state index in [1.54, 1.807) is 24.3 Å². The maximum Gasteiger partial charge on any atom is 0.238 e. The van der Waals surface area contributed by atoms with Crippen molar-refractivity contribution in [2.45, 2.75) is 9.79 Å². The Morgan fingerprint density at radius 2 is 0.800 bits per heavy atom. The molecule has 0 saturated carbocycles. The van der Waals surface area contributed by atoms with Gasteiger partial charge in [-0.3, -0.25) is 0 Å². The lowest BCUT2D eigenvalue weighted by atomic mass is 10.1. The molecule has 0 spiro atoms. The first-order chi connectivity index (χ1) is 9.18. The first kappa shape index (κ1) is 14.7. The van der Waals surface area contributed by atoms with Crippen molar-refractivity contribution in [1.29, 1.82) is 0 Å². The third-order valence-electron chi connectivity index (χ3n) is 2.70. The van der Waals surface area contributed by atoms with E-state index in [2.05, 4.69) is 0 Å². The van der Waals surface area contributed by atoms with Crippen LogP contribution in [0.15, 0.2) is 58.3 Å². The zero-order valence-electron chi connectivity index (χ0n) is 10.2. The van der Waals surface area contributed by atoms with Crippen molar-refractivity contribution in [2.24, 2.45) is 10.3 Å². The molecule has 8 heteroatoms. The van der Waals surface area contributed by atoms with Crippen LogP contribution in [0.2, 0.25) is 0 Å². The van der Waals surface area contributed by atoms with E-state index < -0.39 is 20.0 Å². The van der Waals surface area contributed by atoms with E-state index in [-0.39, 0.29) is 9.79 Å². The van der Waals surface area contributed by atoms with Gasteiger partial charge in [-0.05, 0) is 35.4 Å². The van der Waals surface area contributed by atoms with E-state index in [1.165, 1.54) is 24.3 Å². The predicted molar refractivity (Wildman–Crippen MR) is 74.6 cm³/mol. The molecule has 0 fully saturated rings. The SMILES string of the molecule is NS(=O)(=O)c1ccc(-c2ccc(S(N)(=O)=O)cc2)cc1. The van der Waals surface area contributed by atoms with Gasteiger partial charge in [-0.25, -0.2) is 27.1 Å². The van der Waals surface area contributed by atoms with Crippen molar-refractivity contribution in [2.75, 3.05) is 0 Å². The molecule has 0 radical (unpaired) electrons. The summed E-state index contributed by atoms with van der Waals surface area (Å²) in [5.74, 6) is 0. The quantitative estimate of drug-likeness (QED) is 0.864. The molecule has 6 nitrogen and oxygen atoms in total. The highest BCUT2D eigenvalue weighted by atomic mass is 32.2. The molecule has 0 unspecified atom stereocenters. The first-order valence-corrected chi connectivity index (χ1v) is 8.53. The number of sulfonamides is 2. The summed E-state index contributed by atoms with van der Waals surface area (Å²) in [6.45, 7) is 0. The molecule has 0 heterocycles. The molecule has 0 atom stereocenters. The highest BCUT2D eigenvalue weighted by Gasteiger charge is 2.09. The van der Waals surface area contributed by atoms with Crippen molar-refractivity contribution < 1.29 is 16.8 Å². The predicted octanol–water partition coefficient (Wildman–Crippen LogP) is 0.648. The molecule has 2 aromatic carbocycles. The molecule has 0 amide bonds. The van der Waals surface area contributed by atoms with Crippen LogP contribution in [0.1, 0.15) is 0 Å². The molecule has 4 N–H and O–H groups in total. The summed E-state index contributed by atoms with van der Waals surface area (Å²) in [4.78, 5) is 0.0322. The molecule has 0 bridgehead atoms. The number of nitrogens with two attached hydrogens (primary N) is 2. The van der Waals surface area contributed by atoms with Crippen LogP contribution in [-0.4, -0.2) is 16.8 Å². The molecule has 0 saturated heterocycles. The molecule has 106 valence electrons. The van der Waals surface area contributed by atoms with E-state index in [0.717, 1.165) is 11.1 Å². The van der Waals surface area contributed by atoms with Gasteiger partial charge in [0, 0.05) is 0 Å². The van der Waals surface area contributed by atoms with E-state index >= 15 is 0 Å². The lowest BCUT2D eigenvalue weighted by Crippen LogP contribution is -2.12. The van der Waals surface area contributed by atoms with Crippen molar-refractivity contribution in [1.82, 2.24) is 0 Å². The Labute approximate surface area is 117 Å². The second kappa shape index (κ2) is 4.98. The van der Waals surface area contributed by atoms with Gasteiger partial charge in [0.1, 0.15) is 0 Å².